The molecule has 0 aromatic heterocycles. The zero-order chi connectivity index (χ0) is 25.6. The van der Waals surface area contributed by atoms with Crippen LogP contribution in [0, 0.1) is 11.6 Å². The monoisotopic (exact) mass is 487 g/mol. The molecule has 0 fully saturated rings. The van der Waals surface area contributed by atoms with Gasteiger partial charge in [-0.25, -0.2) is 18.8 Å². The normalized spacial score (nSPS) is 17.0. The van der Waals surface area contributed by atoms with Crippen LogP contribution in [0.2, 0.25) is 0 Å². The molecule has 0 saturated carbocycles. The number of allylic oxidation sites excluding steroid dienone is 1. The Balaban J connectivity index is 2.15. The molecule has 1 heterocycles. The van der Waals surface area contributed by atoms with E-state index in [4.69, 9.17) is 0 Å². The van der Waals surface area contributed by atoms with Crippen molar-refractivity contribution in [1.29, 1.82) is 0 Å². The van der Waals surface area contributed by atoms with Crippen molar-refractivity contribution in [2.45, 2.75) is 19.5 Å². The number of anilines is 1. The van der Waals surface area contributed by atoms with Crippen LogP contribution in [0.15, 0.2) is 82.4 Å². The number of halogens is 5. The largest absolute Gasteiger partial charge is 0.417 e. The molecule has 10 heteroatoms. The van der Waals surface area contributed by atoms with Crippen molar-refractivity contribution in [3.63, 3.8) is 0 Å². The van der Waals surface area contributed by atoms with Crippen LogP contribution in [0.1, 0.15) is 30.0 Å². The van der Waals surface area contributed by atoms with E-state index < -0.39 is 23.4 Å². The summed E-state index contributed by atoms with van der Waals surface area (Å²) < 4.78 is 69.3. The Kier molecular flexibility index (Phi) is 7.95. The van der Waals surface area contributed by atoms with Crippen LogP contribution in [0.5, 0.6) is 0 Å². The topological polar surface area (TPSA) is 61.1 Å². The van der Waals surface area contributed by atoms with Crippen LogP contribution >= 0.6 is 0 Å². The number of hydrazone groups is 1. The minimum atomic E-state index is -4.65. The quantitative estimate of drug-likeness (QED) is 0.469. The Hall–Kier alpha value is -4.08. The van der Waals surface area contributed by atoms with E-state index in [1.165, 1.54) is 36.6 Å². The molecule has 0 spiro atoms. The smallest absolute Gasteiger partial charge is 0.382 e. The van der Waals surface area contributed by atoms with Gasteiger partial charge in [-0.2, -0.15) is 18.3 Å². The summed E-state index contributed by atoms with van der Waals surface area (Å²) in [5.74, 6) is -2.04. The second kappa shape index (κ2) is 10.9. The Bertz CT molecular complexity index is 1260. The predicted molar refractivity (Wildman–Crippen MR) is 129 cm³/mol. The lowest BCUT2D eigenvalue weighted by molar-refractivity contribution is -0.137. The number of hydrogen-bond donors (Lipinski definition) is 2. The highest BCUT2D eigenvalue weighted by molar-refractivity contribution is 6.14. The van der Waals surface area contributed by atoms with E-state index in [1.807, 2.05) is 6.92 Å². The fourth-order valence-electron chi connectivity index (χ4n) is 3.15. The maximum Gasteiger partial charge on any atom is 0.417 e. The summed E-state index contributed by atoms with van der Waals surface area (Å²) in [7, 11) is 0. The summed E-state index contributed by atoms with van der Waals surface area (Å²) in [5, 5.41) is 6.74. The number of hydrogen-bond acceptors (Lipinski definition) is 4. The standard InChI is InChI=1S/C25H22F5N5/c1-4-11-31-22-19(13-17(26)14-21(22)27)16(3)33-23-15(2)8-7-12-32-35-24(34-23)18-9-5-6-10-20(18)25(28,29)30/h5-10,12-14,31H,2-4,11H2,1H3,(H,33,34,35)/b8-7-,32-12-. The molecule has 2 aromatic rings. The first-order valence-corrected chi connectivity index (χ1v) is 10.5. The number of nitrogens with one attached hydrogen (secondary N) is 2. The number of aliphatic imine (C=N–C) groups is 2. The van der Waals surface area contributed by atoms with Gasteiger partial charge in [0.05, 0.1) is 16.9 Å². The van der Waals surface area contributed by atoms with Gasteiger partial charge in [-0.1, -0.05) is 44.4 Å². The van der Waals surface area contributed by atoms with Gasteiger partial charge in [-0.3, -0.25) is 5.43 Å². The Morgan fingerprint density at radius 3 is 2.63 bits per heavy atom. The van der Waals surface area contributed by atoms with Gasteiger partial charge in [0.15, 0.2) is 11.7 Å². The second-order valence-electron chi connectivity index (χ2n) is 7.40. The highest BCUT2D eigenvalue weighted by Gasteiger charge is 2.34. The molecule has 0 atom stereocenters. The molecule has 0 bridgehead atoms. The number of benzene rings is 2. The third-order valence-electron chi connectivity index (χ3n) is 4.78. The summed E-state index contributed by atoms with van der Waals surface area (Å²) in [6, 6.07) is 6.63. The second-order valence-corrected chi connectivity index (χ2v) is 7.40. The molecule has 0 aliphatic carbocycles. The number of nitrogens with zero attached hydrogens (tertiary/aromatic N) is 3. The molecule has 0 saturated heterocycles. The van der Waals surface area contributed by atoms with Gasteiger partial charge in [0, 0.05) is 35.5 Å². The van der Waals surface area contributed by atoms with Crippen molar-refractivity contribution < 1.29 is 22.0 Å². The summed E-state index contributed by atoms with van der Waals surface area (Å²) >= 11 is 0. The Morgan fingerprint density at radius 1 is 1.17 bits per heavy atom. The molecule has 35 heavy (non-hydrogen) atoms. The first kappa shape index (κ1) is 25.5. The highest BCUT2D eigenvalue weighted by atomic mass is 19.4. The van der Waals surface area contributed by atoms with Crippen LogP contribution in [-0.2, 0) is 6.18 Å². The van der Waals surface area contributed by atoms with Crippen LogP contribution < -0.4 is 10.7 Å². The fourth-order valence-corrected chi connectivity index (χ4v) is 3.15. The number of alkyl halides is 3. The minimum absolute atomic E-state index is 0.0000934. The van der Waals surface area contributed by atoms with E-state index in [0.717, 1.165) is 18.2 Å². The molecule has 0 amide bonds. The van der Waals surface area contributed by atoms with Crippen molar-refractivity contribution >= 4 is 29.3 Å². The van der Waals surface area contributed by atoms with E-state index in [9.17, 15) is 22.0 Å². The summed E-state index contributed by atoms with van der Waals surface area (Å²) in [6.45, 7) is 9.95. The van der Waals surface area contributed by atoms with Crippen molar-refractivity contribution in [1.82, 2.24) is 5.43 Å². The first-order valence-electron chi connectivity index (χ1n) is 10.5. The number of rotatable bonds is 6. The lowest BCUT2D eigenvalue weighted by Crippen LogP contribution is -2.24. The fraction of sp³-hybridized carbons (Fsp3) is 0.160. The van der Waals surface area contributed by atoms with Gasteiger partial charge < -0.3 is 5.32 Å². The zero-order valence-corrected chi connectivity index (χ0v) is 18.8. The van der Waals surface area contributed by atoms with Gasteiger partial charge >= 0.3 is 6.18 Å². The van der Waals surface area contributed by atoms with E-state index in [-0.39, 0.29) is 39.8 Å². The molecule has 1 aliphatic rings. The average Bonchev–Trinajstić information content (AvgIpc) is 2.88. The van der Waals surface area contributed by atoms with Crippen LogP contribution in [-0.4, -0.2) is 24.4 Å². The molecule has 2 aromatic carbocycles. The maximum absolute atomic E-state index is 14.5. The summed E-state index contributed by atoms with van der Waals surface area (Å²) in [4.78, 5) is 8.53. The Labute approximate surface area is 199 Å². The van der Waals surface area contributed by atoms with E-state index in [1.54, 1.807) is 0 Å². The molecule has 0 unspecified atom stereocenters. The average molecular weight is 487 g/mol. The van der Waals surface area contributed by atoms with Gasteiger partial charge in [-0.05, 0) is 24.6 Å². The maximum atomic E-state index is 14.5. The van der Waals surface area contributed by atoms with Crippen LogP contribution in [0.25, 0.3) is 5.70 Å². The molecule has 1 aliphatic heterocycles. The highest BCUT2D eigenvalue weighted by Crippen LogP contribution is 2.32. The van der Waals surface area contributed by atoms with Gasteiger partial charge in [0.2, 0.25) is 0 Å². The van der Waals surface area contributed by atoms with E-state index >= 15 is 0 Å². The molecule has 0 radical (unpaired) electrons. The number of amidine groups is 2. The third kappa shape index (κ3) is 6.28. The SMILES string of the molecule is C=C1/C=C\C=N/NC(c2ccccc2C(F)(F)F)=NC1=NC(=C)c1cc(F)cc(F)c1NCCC. The van der Waals surface area contributed by atoms with Crippen molar-refractivity contribution in [2.24, 2.45) is 15.1 Å². The van der Waals surface area contributed by atoms with E-state index in [2.05, 4.69) is 39.0 Å². The molecular formula is C25H22F5N5. The van der Waals surface area contributed by atoms with Crippen molar-refractivity contribution in [2.75, 3.05) is 11.9 Å². The van der Waals surface area contributed by atoms with Gasteiger partial charge in [-0.15, -0.1) is 0 Å². The van der Waals surface area contributed by atoms with Crippen molar-refractivity contribution in [3.05, 3.63) is 95.6 Å². The zero-order valence-electron chi connectivity index (χ0n) is 18.8. The summed E-state index contributed by atoms with van der Waals surface area (Å²) in [6.07, 6.45) is 0.303. The van der Waals surface area contributed by atoms with E-state index in [0.29, 0.717) is 13.0 Å². The summed E-state index contributed by atoms with van der Waals surface area (Å²) in [5.41, 5.74) is 1.47. The van der Waals surface area contributed by atoms with Crippen molar-refractivity contribution in [3.8, 4) is 0 Å². The Morgan fingerprint density at radius 2 is 1.91 bits per heavy atom. The first-order chi connectivity index (χ1) is 16.6. The molecule has 5 nitrogen and oxygen atoms in total. The molecule has 2 N–H and O–H groups in total. The van der Waals surface area contributed by atoms with Crippen LogP contribution in [0.4, 0.5) is 27.6 Å². The lowest BCUT2D eigenvalue weighted by atomic mass is 10.1. The van der Waals surface area contributed by atoms with Crippen LogP contribution in [0.3, 0.4) is 0 Å². The lowest BCUT2D eigenvalue weighted by Gasteiger charge is -2.15. The van der Waals surface area contributed by atoms with Gasteiger partial charge in [0.25, 0.3) is 0 Å². The predicted octanol–water partition coefficient (Wildman–Crippen LogP) is 6.32. The third-order valence-corrected chi connectivity index (χ3v) is 4.78. The molecular weight excluding hydrogens is 465 g/mol. The van der Waals surface area contributed by atoms with Gasteiger partial charge in [0.1, 0.15) is 11.6 Å². The minimum Gasteiger partial charge on any atom is -0.382 e. The molecule has 3 rings (SSSR count). The molecule has 182 valence electrons.